The quantitative estimate of drug-likeness (QED) is 0.664. The van der Waals surface area contributed by atoms with Crippen molar-refractivity contribution in [3.8, 4) is 16.9 Å². The van der Waals surface area contributed by atoms with E-state index in [1.807, 2.05) is 0 Å². The minimum absolute atomic E-state index is 0.0835. The van der Waals surface area contributed by atoms with Crippen molar-refractivity contribution in [1.82, 2.24) is 9.62 Å². The van der Waals surface area contributed by atoms with Gasteiger partial charge in [-0.15, -0.1) is 0 Å². The number of methoxy groups -OCH3 is 1. The van der Waals surface area contributed by atoms with Gasteiger partial charge in [-0.3, -0.25) is 0 Å². The van der Waals surface area contributed by atoms with E-state index in [9.17, 15) is 8.42 Å². The normalized spacial score (nSPS) is 23.2. The molecule has 0 spiro atoms. The molecule has 0 aliphatic carbocycles. The number of aryl methyl sites for hydroxylation is 1. The molecule has 1 N–H and O–H groups in total. The summed E-state index contributed by atoms with van der Waals surface area (Å²) in [5.74, 6) is 0.751. The Morgan fingerprint density at radius 2 is 1.61 bits per heavy atom. The van der Waals surface area contributed by atoms with Crippen molar-refractivity contribution in [2.24, 2.45) is 0 Å². The fraction of sp³-hybridized carbons (Fsp3) is 0.280. The summed E-state index contributed by atoms with van der Waals surface area (Å²) in [4.78, 5) is 0.289. The number of fused-ring (bicyclic) bond motifs is 2. The van der Waals surface area contributed by atoms with Gasteiger partial charge in [0.05, 0.1) is 12.0 Å². The lowest BCUT2D eigenvalue weighted by atomic mass is 9.74. The van der Waals surface area contributed by atoms with Crippen LogP contribution in [0.2, 0.25) is 0 Å². The number of benzene rings is 3. The van der Waals surface area contributed by atoms with Gasteiger partial charge in [-0.25, -0.2) is 8.42 Å². The highest BCUT2D eigenvalue weighted by Gasteiger charge is 2.56. The molecule has 2 saturated heterocycles. The summed E-state index contributed by atoms with van der Waals surface area (Å²) in [5.41, 5.74) is 4.81. The Kier molecular flexibility index (Phi) is 5.08. The zero-order valence-electron chi connectivity index (χ0n) is 17.7. The van der Waals surface area contributed by atoms with Gasteiger partial charge in [0, 0.05) is 37.2 Å². The van der Waals surface area contributed by atoms with E-state index in [0.29, 0.717) is 18.8 Å². The summed E-state index contributed by atoms with van der Waals surface area (Å²) in [6.45, 7) is 3.41. The average Bonchev–Trinajstić information content (AvgIpc) is 2.80. The Hall–Kier alpha value is -2.67. The van der Waals surface area contributed by atoms with Crippen LogP contribution in [0.25, 0.3) is 11.1 Å². The molecule has 5 nitrogen and oxygen atoms in total. The van der Waals surface area contributed by atoms with Crippen LogP contribution in [0, 0.1) is 6.92 Å². The first-order valence-corrected chi connectivity index (χ1v) is 12.0. The topological polar surface area (TPSA) is 58.6 Å². The van der Waals surface area contributed by atoms with Gasteiger partial charge in [-0.05, 0) is 35.7 Å². The van der Waals surface area contributed by atoms with Crippen LogP contribution in [-0.4, -0.2) is 45.0 Å². The maximum atomic E-state index is 13.4. The molecule has 3 aromatic carbocycles. The predicted molar refractivity (Wildman–Crippen MR) is 122 cm³/mol. The maximum Gasteiger partial charge on any atom is 0.243 e. The number of piperazine rings is 1. The van der Waals surface area contributed by atoms with Gasteiger partial charge in [0.15, 0.2) is 0 Å². The molecule has 0 radical (unpaired) electrons. The third-order valence-corrected chi connectivity index (χ3v) is 8.40. The van der Waals surface area contributed by atoms with E-state index < -0.39 is 10.0 Å². The summed E-state index contributed by atoms with van der Waals surface area (Å²) in [5, 5.41) is 3.37. The molecule has 2 aliphatic heterocycles. The summed E-state index contributed by atoms with van der Waals surface area (Å²) < 4.78 is 33.7. The molecule has 0 amide bonds. The molecule has 160 valence electrons. The van der Waals surface area contributed by atoms with E-state index in [1.165, 1.54) is 22.3 Å². The van der Waals surface area contributed by atoms with Crippen molar-refractivity contribution in [2.75, 3.05) is 20.2 Å². The van der Waals surface area contributed by atoms with Gasteiger partial charge in [0.1, 0.15) is 5.75 Å². The van der Waals surface area contributed by atoms with Gasteiger partial charge in [-0.1, -0.05) is 60.2 Å². The predicted octanol–water partition coefficient (Wildman–Crippen LogP) is 3.80. The molecule has 2 bridgehead atoms. The highest BCUT2D eigenvalue weighted by atomic mass is 32.2. The van der Waals surface area contributed by atoms with Gasteiger partial charge < -0.3 is 10.1 Å². The molecule has 2 fully saturated rings. The van der Waals surface area contributed by atoms with Crippen LogP contribution in [-0.2, 0) is 10.0 Å². The van der Waals surface area contributed by atoms with Crippen LogP contribution in [0.4, 0.5) is 0 Å². The molecule has 2 heterocycles. The first-order chi connectivity index (χ1) is 15.0. The summed E-state index contributed by atoms with van der Waals surface area (Å²) >= 11 is 0. The van der Waals surface area contributed by atoms with Crippen LogP contribution >= 0.6 is 0 Å². The first kappa shape index (κ1) is 20.2. The van der Waals surface area contributed by atoms with E-state index in [4.69, 9.17) is 4.74 Å². The summed E-state index contributed by atoms with van der Waals surface area (Å²) in [6, 6.07) is 23.6. The van der Waals surface area contributed by atoms with Gasteiger partial charge >= 0.3 is 0 Å². The fourth-order valence-electron chi connectivity index (χ4n) is 4.94. The van der Waals surface area contributed by atoms with Crippen LogP contribution in [0.1, 0.15) is 17.0 Å². The van der Waals surface area contributed by atoms with Crippen LogP contribution in [0.3, 0.4) is 0 Å². The fourth-order valence-corrected chi connectivity index (χ4v) is 6.82. The van der Waals surface area contributed by atoms with Gasteiger partial charge in [-0.2, -0.15) is 4.31 Å². The number of hydrogen-bond donors (Lipinski definition) is 1. The molecule has 3 aromatic rings. The second kappa shape index (κ2) is 7.79. The van der Waals surface area contributed by atoms with Gasteiger partial charge in [0.2, 0.25) is 10.0 Å². The standard InChI is InChI=1S/C25H26N2O3S/c1-17-5-3-6-20(13-17)18-9-11-19(12-10-18)25-23-15-26-16-24(25)27(23)31(28,29)22-8-4-7-21(14-22)30-2/h3-14,23-26H,15-16H2,1-2H3/t23-,24+,25?. The average molecular weight is 435 g/mol. The third-order valence-electron chi connectivity index (χ3n) is 6.45. The van der Waals surface area contributed by atoms with Crippen molar-refractivity contribution in [2.45, 2.75) is 29.8 Å². The maximum absolute atomic E-state index is 13.4. The minimum atomic E-state index is -3.58. The van der Waals surface area contributed by atoms with Crippen LogP contribution < -0.4 is 10.1 Å². The highest BCUT2D eigenvalue weighted by molar-refractivity contribution is 7.89. The largest absolute Gasteiger partial charge is 0.497 e. The minimum Gasteiger partial charge on any atom is -0.497 e. The van der Waals surface area contributed by atoms with Crippen molar-refractivity contribution < 1.29 is 13.2 Å². The SMILES string of the molecule is COc1cccc(S(=O)(=O)N2[C@@H]3CNC[C@H]2C3c2ccc(-c3cccc(C)c3)cc2)c1. The molecular weight excluding hydrogens is 408 g/mol. The number of rotatable bonds is 5. The molecule has 3 atom stereocenters. The van der Waals surface area contributed by atoms with E-state index in [1.54, 1.807) is 35.7 Å². The number of sulfonamides is 1. The monoisotopic (exact) mass is 434 g/mol. The van der Waals surface area contributed by atoms with E-state index in [0.717, 1.165) is 0 Å². The molecule has 6 heteroatoms. The molecule has 2 aliphatic rings. The summed E-state index contributed by atoms with van der Waals surface area (Å²) in [6.07, 6.45) is 0. The highest BCUT2D eigenvalue weighted by Crippen LogP contribution is 2.46. The number of nitrogens with zero attached hydrogens (tertiary/aromatic N) is 1. The zero-order chi connectivity index (χ0) is 21.6. The Labute approximate surface area is 183 Å². The van der Waals surface area contributed by atoms with Crippen molar-refractivity contribution in [3.05, 3.63) is 83.9 Å². The third kappa shape index (κ3) is 3.45. The van der Waals surface area contributed by atoms with Crippen LogP contribution in [0.15, 0.2) is 77.7 Å². The lowest BCUT2D eigenvalue weighted by Crippen LogP contribution is -2.73. The zero-order valence-corrected chi connectivity index (χ0v) is 18.5. The lowest BCUT2D eigenvalue weighted by Gasteiger charge is -2.57. The van der Waals surface area contributed by atoms with E-state index in [2.05, 4.69) is 60.8 Å². The van der Waals surface area contributed by atoms with Crippen LogP contribution in [0.5, 0.6) is 5.75 Å². The Balaban J connectivity index is 1.41. The first-order valence-electron chi connectivity index (χ1n) is 10.5. The molecule has 0 saturated carbocycles. The number of hydrogen-bond acceptors (Lipinski definition) is 4. The molecule has 31 heavy (non-hydrogen) atoms. The molecule has 5 rings (SSSR count). The van der Waals surface area contributed by atoms with Crippen molar-refractivity contribution in [3.63, 3.8) is 0 Å². The number of ether oxygens (including phenoxy) is 1. The lowest BCUT2D eigenvalue weighted by molar-refractivity contribution is 0.0370. The van der Waals surface area contributed by atoms with Gasteiger partial charge in [0.25, 0.3) is 0 Å². The Bertz CT molecular complexity index is 1200. The second-order valence-corrected chi connectivity index (χ2v) is 10.2. The number of piperidine rings is 1. The molecule has 1 unspecified atom stereocenters. The van der Waals surface area contributed by atoms with Crippen molar-refractivity contribution in [1.29, 1.82) is 0 Å². The number of nitrogens with one attached hydrogen (secondary N) is 1. The van der Waals surface area contributed by atoms with E-state index >= 15 is 0 Å². The second-order valence-electron chi connectivity index (χ2n) is 8.32. The molecular formula is C25H26N2O3S. The van der Waals surface area contributed by atoms with Crippen molar-refractivity contribution >= 4 is 10.0 Å². The Morgan fingerprint density at radius 1 is 0.903 bits per heavy atom. The van der Waals surface area contributed by atoms with E-state index in [-0.39, 0.29) is 22.9 Å². The Morgan fingerprint density at radius 3 is 2.29 bits per heavy atom. The summed E-state index contributed by atoms with van der Waals surface area (Å²) in [7, 11) is -2.03. The molecule has 0 aromatic heterocycles. The smallest absolute Gasteiger partial charge is 0.243 e.